The fraction of sp³-hybridized carbons (Fsp3) is 0.391. The van der Waals surface area contributed by atoms with E-state index in [1.807, 2.05) is 0 Å². The molecule has 184 valence electrons. The van der Waals surface area contributed by atoms with E-state index in [9.17, 15) is 35.1 Å². The Morgan fingerprint density at radius 1 is 1.00 bits per heavy atom. The van der Waals surface area contributed by atoms with Crippen molar-refractivity contribution in [2.45, 2.75) is 56.1 Å². The van der Waals surface area contributed by atoms with Crippen molar-refractivity contribution in [2.24, 2.45) is 0 Å². The van der Waals surface area contributed by atoms with Gasteiger partial charge < -0.3 is 39.7 Å². The first-order valence-electron chi connectivity index (χ1n) is 12.8. The number of ether oxygens (including phenoxy) is 3. The molecule has 1 aliphatic heterocycles. The number of benzene rings is 2. The van der Waals surface area contributed by atoms with Gasteiger partial charge >= 0.3 is 11.9 Å². The van der Waals surface area contributed by atoms with Crippen molar-refractivity contribution in [3.63, 3.8) is 0 Å². The number of carbonyl (C=O) groups is 2. The second-order valence-corrected chi connectivity index (χ2v) is 7.88. The van der Waals surface area contributed by atoms with Crippen molar-refractivity contribution >= 4 is 23.5 Å². The van der Waals surface area contributed by atoms with E-state index in [-0.39, 0.29) is 5.56 Å². The molecule has 0 saturated carbocycles. The third-order valence-corrected chi connectivity index (χ3v) is 5.23. The lowest BCUT2D eigenvalue weighted by molar-refractivity contribution is -0.289. The molecular weight excluding hydrogens is 472 g/mol. The van der Waals surface area contributed by atoms with Crippen LogP contribution in [0.1, 0.15) is 39.2 Å². The summed E-state index contributed by atoms with van der Waals surface area (Å²) in [6.07, 6.45) is -12.4. The van der Waals surface area contributed by atoms with Crippen LogP contribution in [0, 0.1) is 0 Å². The average Bonchev–Trinajstić information content (AvgIpc) is 2.86. The van der Waals surface area contributed by atoms with Crippen molar-refractivity contribution in [1.82, 2.24) is 0 Å². The standard InChI is InChI=1S/C23H25ClO10/c1-23(2,22(31)33-21-18(28)16(26)17(27)19(32-21)20(29)30)34-14-9-5-12(6-10-14)15(25)11-3-7-13(24)8-4-11/h3-10,15-19,21,25-28H,1-2H3,(H,29,30)/t15?,16-,17-,18+,19-,21-/m1/s1/i1D3,2D3. The Balaban J connectivity index is 1.94. The molecule has 5 N–H and O–H groups in total. The monoisotopic (exact) mass is 502 g/mol. The molecule has 1 unspecified atom stereocenters. The summed E-state index contributed by atoms with van der Waals surface area (Å²) in [5.41, 5.74) is -2.99. The van der Waals surface area contributed by atoms with Gasteiger partial charge in [-0.3, -0.25) is 0 Å². The third kappa shape index (κ3) is 5.66. The molecule has 2 aromatic rings. The van der Waals surface area contributed by atoms with Gasteiger partial charge in [0.15, 0.2) is 11.7 Å². The van der Waals surface area contributed by atoms with Crippen LogP contribution in [0.15, 0.2) is 48.5 Å². The zero-order chi connectivity index (χ0) is 30.2. The molecule has 11 heteroatoms. The molecule has 10 nitrogen and oxygen atoms in total. The number of hydrogen-bond acceptors (Lipinski definition) is 9. The molecule has 6 atom stereocenters. The normalized spacial score (nSPS) is 29.3. The third-order valence-electron chi connectivity index (χ3n) is 4.98. The first-order chi connectivity index (χ1) is 18.4. The van der Waals surface area contributed by atoms with E-state index in [4.69, 9.17) is 34.0 Å². The molecule has 1 fully saturated rings. The minimum Gasteiger partial charge on any atom is -0.479 e. The Kier molecular flexibility index (Phi) is 5.61. The molecule has 3 rings (SSSR count). The Bertz CT molecular complexity index is 1190. The molecule has 0 bridgehead atoms. The van der Waals surface area contributed by atoms with Crippen LogP contribution in [-0.2, 0) is 19.1 Å². The van der Waals surface area contributed by atoms with Crippen molar-refractivity contribution in [3.05, 3.63) is 64.7 Å². The maximum absolute atomic E-state index is 13.2. The number of hydrogen-bond donors (Lipinski definition) is 5. The first-order valence-corrected chi connectivity index (χ1v) is 10.1. The number of aliphatic hydroxyl groups excluding tert-OH is 4. The molecule has 0 aromatic heterocycles. The number of halogens is 1. The van der Waals surface area contributed by atoms with Crippen LogP contribution in [0.3, 0.4) is 0 Å². The van der Waals surface area contributed by atoms with E-state index >= 15 is 0 Å². The lowest BCUT2D eigenvalue weighted by atomic mass is 9.99. The van der Waals surface area contributed by atoms with E-state index in [0.717, 1.165) is 12.1 Å². The highest BCUT2D eigenvalue weighted by Gasteiger charge is 2.49. The Hall–Kier alpha value is -2.73. The molecule has 1 saturated heterocycles. The molecule has 0 aliphatic carbocycles. The number of rotatable bonds is 7. The number of carboxylic acids is 1. The Labute approximate surface area is 208 Å². The van der Waals surface area contributed by atoms with Crippen LogP contribution in [-0.4, -0.2) is 73.8 Å². The van der Waals surface area contributed by atoms with Crippen molar-refractivity contribution in [3.8, 4) is 5.75 Å². The molecule has 0 radical (unpaired) electrons. The Morgan fingerprint density at radius 2 is 1.56 bits per heavy atom. The van der Waals surface area contributed by atoms with Gasteiger partial charge in [-0.2, -0.15) is 0 Å². The van der Waals surface area contributed by atoms with E-state index in [1.54, 1.807) is 24.3 Å². The molecular formula is C23H25ClO10. The molecule has 0 spiro atoms. The predicted molar refractivity (Wildman–Crippen MR) is 117 cm³/mol. The summed E-state index contributed by atoms with van der Waals surface area (Å²) in [5.74, 6) is -4.37. The van der Waals surface area contributed by atoms with Crippen LogP contribution in [0.25, 0.3) is 0 Å². The predicted octanol–water partition coefficient (Wildman–Crippen LogP) is 1.01. The fourth-order valence-electron chi connectivity index (χ4n) is 3.11. The maximum Gasteiger partial charge on any atom is 0.352 e. The summed E-state index contributed by atoms with van der Waals surface area (Å²) < 4.78 is 62.1. The fourth-order valence-corrected chi connectivity index (χ4v) is 3.24. The topological polar surface area (TPSA) is 163 Å². The maximum atomic E-state index is 13.2. The summed E-state index contributed by atoms with van der Waals surface area (Å²) in [4.78, 5) is 24.6. The summed E-state index contributed by atoms with van der Waals surface area (Å²) >= 11 is 5.85. The van der Waals surface area contributed by atoms with Crippen LogP contribution in [0.2, 0.25) is 5.02 Å². The summed E-state index contributed by atoms with van der Waals surface area (Å²) in [7, 11) is 0. The molecule has 1 aliphatic rings. The van der Waals surface area contributed by atoms with Gasteiger partial charge in [0.25, 0.3) is 0 Å². The molecule has 34 heavy (non-hydrogen) atoms. The van der Waals surface area contributed by atoms with Gasteiger partial charge in [0.05, 0.1) is 0 Å². The lowest BCUT2D eigenvalue weighted by Crippen LogP contribution is -2.61. The highest BCUT2D eigenvalue weighted by Crippen LogP contribution is 2.28. The highest BCUT2D eigenvalue weighted by atomic mass is 35.5. The Morgan fingerprint density at radius 3 is 2.09 bits per heavy atom. The van der Waals surface area contributed by atoms with Crippen molar-refractivity contribution in [2.75, 3.05) is 0 Å². The minimum absolute atomic E-state index is 0.289. The zero-order valence-electron chi connectivity index (χ0n) is 23.2. The van der Waals surface area contributed by atoms with E-state index in [1.165, 1.54) is 12.1 Å². The van der Waals surface area contributed by atoms with Crippen molar-refractivity contribution in [1.29, 1.82) is 0 Å². The zero-order valence-corrected chi connectivity index (χ0v) is 18.0. The van der Waals surface area contributed by atoms with Gasteiger partial charge in [0.2, 0.25) is 6.29 Å². The number of carboxylic acid groups (broad SMARTS) is 1. The second kappa shape index (κ2) is 10.3. The number of esters is 1. The van der Waals surface area contributed by atoms with Gasteiger partial charge in [-0.25, -0.2) is 9.59 Å². The lowest BCUT2D eigenvalue weighted by Gasteiger charge is -2.39. The minimum atomic E-state index is -3.75. The smallest absolute Gasteiger partial charge is 0.352 e. The molecule has 2 aromatic carbocycles. The van der Waals surface area contributed by atoms with Gasteiger partial charge in [0.1, 0.15) is 30.2 Å². The van der Waals surface area contributed by atoms with Crippen molar-refractivity contribution < 1.29 is 57.6 Å². The van der Waals surface area contributed by atoms with Gasteiger partial charge in [-0.05, 0) is 49.1 Å². The van der Waals surface area contributed by atoms with Gasteiger partial charge in [-0.1, -0.05) is 35.9 Å². The SMILES string of the molecule is [2H]C([2H])([2H])C(Oc1ccc(C(O)c2ccc(Cl)cc2)cc1)(C(=O)O[C@H]1O[C@@H](C(=O)O)[C@H](O)[C@@H](O)[C@@H]1O)C([2H])([2H])[2H]. The van der Waals surface area contributed by atoms with Gasteiger partial charge in [0, 0.05) is 13.2 Å². The number of carbonyl (C=O) groups excluding carboxylic acids is 1. The summed E-state index contributed by atoms with van der Waals surface area (Å²) in [6.45, 7) is -7.50. The molecule has 0 amide bonds. The van der Waals surface area contributed by atoms with Crippen LogP contribution in [0.4, 0.5) is 0 Å². The van der Waals surface area contributed by atoms with E-state index < -0.39 is 73.8 Å². The number of aliphatic carboxylic acids is 1. The van der Waals surface area contributed by atoms with E-state index in [2.05, 4.69) is 0 Å². The average molecular weight is 503 g/mol. The van der Waals surface area contributed by atoms with Crippen LogP contribution >= 0.6 is 11.6 Å². The number of aliphatic hydroxyl groups is 4. The molecule has 1 heterocycles. The second-order valence-electron chi connectivity index (χ2n) is 7.45. The quantitative estimate of drug-likeness (QED) is 0.345. The highest BCUT2D eigenvalue weighted by molar-refractivity contribution is 6.30. The largest absolute Gasteiger partial charge is 0.479 e. The first kappa shape index (κ1) is 18.6. The van der Waals surface area contributed by atoms with Crippen LogP contribution in [0.5, 0.6) is 5.75 Å². The summed E-state index contributed by atoms with van der Waals surface area (Å²) in [5, 5.41) is 50.1. The summed E-state index contributed by atoms with van der Waals surface area (Å²) in [6, 6.07) is 11.0. The van der Waals surface area contributed by atoms with Crippen LogP contribution < -0.4 is 4.74 Å². The van der Waals surface area contributed by atoms with E-state index in [0.29, 0.717) is 10.6 Å². The van der Waals surface area contributed by atoms with Gasteiger partial charge in [-0.15, -0.1) is 0 Å².